The number of nitrogens with zero attached hydrogens (tertiary/aromatic N) is 4. The van der Waals surface area contributed by atoms with Crippen LogP contribution in [0.1, 0.15) is 238 Å². The largest absolute Gasteiger partial charge is 0.341 e. The number of benzene rings is 16. The molecule has 0 saturated carbocycles. The van der Waals surface area contributed by atoms with Crippen molar-refractivity contribution in [2.45, 2.75) is 246 Å². The van der Waals surface area contributed by atoms with Crippen molar-refractivity contribution < 1.29 is 0 Å². The summed E-state index contributed by atoms with van der Waals surface area (Å²) in [6, 6.07) is 107. The standard InChI is InChI=1S/4C25H19N.12C2H6/c1-2-26-22-14-8-7-13-20(22)24-21-15-16-9-3-4-10-17(16)23(21)18-11-5-6-12-19(18)25(24)26;1-2-26-23-10-6-5-9-20(23)25-22-15-18-13-16-7-3-4-8-17(16)14-21(18)19(22)11-12-24(25)26;1-2-26-22-10-6-5-9-20(22)25-21-15-17-12-11-16-7-3-4-8-18(16)24(17)19(21)13-14-23(25)26;1-2-26-23-10-6-5-9-20(23)25-22-15-21-17-8-4-3-7-16(17)11-12-18(21)19(22)13-14-24(25)26;12*1-2/h4*3-14H,2,15H2,1H3;12*1-2H3. The maximum absolute atomic E-state index is 2.50. The normalized spacial score (nSPS) is 11.0. The molecular weight excluding hydrogens is 1550 g/mol. The highest BCUT2D eigenvalue weighted by molar-refractivity contribution is 6.25. The van der Waals surface area contributed by atoms with E-state index >= 15 is 0 Å². The molecule has 664 valence electrons. The van der Waals surface area contributed by atoms with Crippen LogP contribution in [0.2, 0.25) is 0 Å². The smallest absolute Gasteiger partial charge is 0.0574 e. The third-order valence-electron chi connectivity index (χ3n) is 24.0. The zero-order valence-corrected chi connectivity index (χ0v) is 83.2. The van der Waals surface area contributed by atoms with Crippen molar-refractivity contribution in [1.29, 1.82) is 0 Å². The summed E-state index contributed by atoms with van der Waals surface area (Å²) in [7, 11) is 0. The van der Waals surface area contributed by atoms with Gasteiger partial charge in [0, 0.05) is 113 Å². The topological polar surface area (TPSA) is 19.7 Å². The highest BCUT2D eigenvalue weighted by Gasteiger charge is 2.31. The van der Waals surface area contributed by atoms with Crippen molar-refractivity contribution in [2.75, 3.05) is 0 Å². The molecule has 0 atom stereocenters. The van der Waals surface area contributed by atoms with E-state index in [2.05, 4.69) is 337 Å². The molecule has 0 spiro atoms. The summed E-state index contributed by atoms with van der Waals surface area (Å²) in [5, 5.41) is 22.2. The molecule has 4 aliphatic carbocycles. The summed E-state index contributed by atoms with van der Waals surface area (Å²) >= 11 is 0. The van der Waals surface area contributed by atoms with Gasteiger partial charge in [-0.25, -0.2) is 0 Å². The molecule has 4 aliphatic rings. The maximum atomic E-state index is 2.50. The van der Waals surface area contributed by atoms with Gasteiger partial charge in [-0.1, -0.05) is 409 Å². The van der Waals surface area contributed by atoms with E-state index < -0.39 is 0 Å². The molecule has 4 aromatic heterocycles. The lowest BCUT2D eigenvalue weighted by Gasteiger charge is -2.12. The van der Waals surface area contributed by atoms with Crippen LogP contribution in [0.5, 0.6) is 0 Å². The maximum Gasteiger partial charge on any atom is 0.0574 e. The highest BCUT2D eigenvalue weighted by atomic mass is 15.0. The summed E-state index contributed by atoms with van der Waals surface area (Å²) < 4.78 is 9.85. The molecule has 20 aromatic rings. The van der Waals surface area contributed by atoms with E-state index in [1.165, 1.54) is 219 Å². The van der Waals surface area contributed by atoms with Gasteiger partial charge in [0.2, 0.25) is 0 Å². The lowest BCUT2D eigenvalue weighted by Crippen LogP contribution is -1.95. The van der Waals surface area contributed by atoms with Crippen LogP contribution in [-0.2, 0) is 51.9 Å². The van der Waals surface area contributed by atoms with Gasteiger partial charge in [0.15, 0.2) is 0 Å². The van der Waals surface area contributed by atoms with E-state index in [1.54, 1.807) is 0 Å². The third-order valence-corrected chi connectivity index (χ3v) is 24.0. The Morgan fingerprint density at radius 3 is 0.984 bits per heavy atom. The van der Waals surface area contributed by atoms with Gasteiger partial charge in [-0.3, -0.25) is 0 Å². The molecule has 4 nitrogen and oxygen atoms in total. The van der Waals surface area contributed by atoms with E-state index in [0.717, 1.165) is 51.9 Å². The number of hydrogen-bond donors (Lipinski definition) is 0. The minimum atomic E-state index is 0.986. The Balaban J connectivity index is 0.000000178. The lowest BCUT2D eigenvalue weighted by atomic mass is 9.93. The number of aryl methyl sites for hydroxylation is 4. The molecule has 0 fully saturated rings. The first-order chi connectivity index (χ1) is 63.5. The van der Waals surface area contributed by atoms with Crippen molar-refractivity contribution in [3.8, 4) is 44.5 Å². The van der Waals surface area contributed by atoms with E-state index in [4.69, 9.17) is 0 Å². The minimum absolute atomic E-state index is 0.986. The predicted octanol–water partition coefficient (Wildman–Crippen LogP) is 38.5. The van der Waals surface area contributed by atoms with Gasteiger partial charge in [-0.2, -0.15) is 0 Å². The van der Waals surface area contributed by atoms with E-state index in [1.807, 2.05) is 166 Å². The molecule has 0 radical (unpaired) electrons. The average molecular weight is 1690 g/mol. The number of para-hydroxylation sites is 4. The van der Waals surface area contributed by atoms with Crippen LogP contribution in [0.15, 0.2) is 291 Å². The Kier molecular flexibility index (Phi) is 37.4. The lowest BCUT2D eigenvalue weighted by molar-refractivity contribution is 0.827. The van der Waals surface area contributed by atoms with E-state index in [9.17, 15) is 0 Å². The second-order valence-corrected chi connectivity index (χ2v) is 29.0. The highest BCUT2D eigenvalue weighted by Crippen LogP contribution is 2.52. The Labute approximate surface area is 769 Å². The van der Waals surface area contributed by atoms with E-state index in [-0.39, 0.29) is 0 Å². The van der Waals surface area contributed by atoms with Crippen LogP contribution in [0.25, 0.3) is 175 Å². The number of rotatable bonds is 4. The molecule has 16 aromatic carbocycles. The molecule has 0 aliphatic heterocycles. The molecule has 0 amide bonds. The van der Waals surface area contributed by atoms with Gasteiger partial charge >= 0.3 is 0 Å². The quantitative estimate of drug-likeness (QED) is 0.167. The zero-order chi connectivity index (χ0) is 93.0. The molecule has 0 bridgehead atoms. The number of hydrogen-bond acceptors (Lipinski definition) is 0. The van der Waals surface area contributed by atoms with Gasteiger partial charge in [0.1, 0.15) is 0 Å². The van der Waals surface area contributed by atoms with Gasteiger partial charge in [-0.05, 0) is 229 Å². The van der Waals surface area contributed by atoms with Crippen molar-refractivity contribution >= 4 is 130 Å². The van der Waals surface area contributed by atoms with Crippen molar-refractivity contribution in [3.05, 3.63) is 336 Å². The first-order valence-electron chi connectivity index (χ1n) is 49.6. The zero-order valence-electron chi connectivity index (χ0n) is 83.2. The van der Waals surface area contributed by atoms with Crippen LogP contribution >= 0.6 is 0 Å². The predicted molar refractivity (Wildman–Crippen MR) is 580 cm³/mol. The molecule has 0 saturated heterocycles. The average Bonchev–Trinajstić information content (AvgIpc) is 1.59. The molecule has 4 heteroatoms. The molecule has 0 N–H and O–H groups in total. The fourth-order valence-electron chi connectivity index (χ4n) is 19.8. The van der Waals surface area contributed by atoms with Crippen LogP contribution in [0.3, 0.4) is 0 Å². The minimum Gasteiger partial charge on any atom is -0.341 e. The molecule has 128 heavy (non-hydrogen) atoms. The summed E-state index contributed by atoms with van der Waals surface area (Å²) in [6.07, 6.45) is 4.13. The number of aromatic nitrogens is 4. The van der Waals surface area contributed by atoms with Gasteiger partial charge in [0.25, 0.3) is 0 Å². The molecule has 4 heterocycles. The first kappa shape index (κ1) is 99.5. The van der Waals surface area contributed by atoms with Crippen LogP contribution in [0, 0.1) is 0 Å². The summed E-state index contributed by atoms with van der Waals surface area (Å²) in [4.78, 5) is 0. The van der Waals surface area contributed by atoms with Crippen LogP contribution in [0.4, 0.5) is 0 Å². The summed E-state index contributed by atoms with van der Waals surface area (Å²) in [6.45, 7) is 60.9. The van der Waals surface area contributed by atoms with E-state index in [0.29, 0.717) is 0 Å². The van der Waals surface area contributed by atoms with Crippen LogP contribution in [-0.4, -0.2) is 18.3 Å². The molecule has 24 rings (SSSR count). The first-order valence-corrected chi connectivity index (χ1v) is 49.6. The Hall–Kier alpha value is -12.2. The van der Waals surface area contributed by atoms with Crippen LogP contribution < -0.4 is 0 Å². The SMILES string of the molecule is CC.CC.CC.CC.CC.CC.CC.CC.CC.CC.CC.CC.CCn1c2ccccc2c2c3c(c4ccccc4c21)-c1ccccc1C3.CCn1c2ccccc2c2c3c(ccc21)-c1c(ccc2ccccc12)C3.CCn1c2ccccc2c2c3c(ccc21)-c1cc2ccccc2cc1C3.CCn1c2ccccc2c2c3c(ccc21)-c1ccc2ccccc2c1C3. The summed E-state index contributed by atoms with van der Waals surface area (Å²) in [5.41, 5.74) is 34.1. The van der Waals surface area contributed by atoms with Crippen molar-refractivity contribution in [1.82, 2.24) is 18.3 Å². The number of fused-ring (bicyclic) bond motifs is 36. The Bertz CT molecular complexity index is 7020. The Morgan fingerprint density at radius 2 is 0.500 bits per heavy atom. The second kappa shape index (κ2) is 48.1. The fraction of sp³-hybridized carbons (Fsp3) is 0.290. The van der Waals surface area contributed by atoms with Crippen molar-refractivity contribution in [3.63, 3.8) is 0 Å². The van der Waals surface area contributed by atoms with Gasteiger partial charge in [0.05, 0.1) is 5.52 Å². The van der Waals surface area contributed by atoms with Gasteiger partial charge < -0.3 is 18.3 Å². The van der Waals surface area contributed by atoms with Crippen molar-refractivity contribution in [2.24, 2.45) is 0 Å². The third kappa shape index (κ3) is 18.0. The molecule has 0 unspecified atom stereocenters. The molecular formula is C124H148N4. The monoisotopic (exact) mass is 1690 g/mol. The summed E-state index contributed by atoms with van der Waals surface area (Å²) in [5.74, 6) is 0. The van der Waals surface area contributed by atoms with Gasteiger partial charge in [-0.15, -0.1) is 0 Å². The Morgan fingerprint density at radius 1 is 0.180 bits per heavy atom. The fourth-order valence-corrected chi connectivity index (χ4v) is 19.8. The second-order valence-electron chi connectivity index (χ2n) is 29.0.